The van der Waals surface area contributed by atoms with Crippen LogP contribution in [0.5, 0.6) is 5.75 Å². The molecule has 27 heavy (non-hydrogen) atoms. The fourth-order valence-electron chi connectivity index (χ4n) is 2.41. The van der Waals surface area contributed by atoms with E-state index in [0.717, 1.165) is 17.1 Å². The van der Waals surface area contributed by atoms with E-state index in [0.29, 0.717) is 16.4 Å². The number of rotatable bonds is 6. The van der Waals surface area contributed by atoms with Gasteiger partial charge >= 0.3 is 0 Å². The van der Waals surface area contributed by atoms with E-state index in [1.54, 1.807) is 42.6 Å². The van der Waals surface area contributed by atoms with Gasteiger partial charge in [0.05, 0.1) is 23.7 Å². The van der Waals surface area contributed by atoms with E-state index in [2.05, 4.69) is 15.6 Å². The summed E-state index contributed by atoms with van der Waals surface area (Å²) in [7, 11) is 0. The number of hydrogen-bond donors (Lipinski definition) is 2. The first-order valence-electron chi connectivity index (χ1n) is 8.57. The third-order valence-electron chi connectivity index (χ3n) is 3.63. The predicted molar refractivity (Wildman–Crippen MR) is 109 cm³/mol. The van der Waals surface area contributed by atoms with Crippen LogP contribution in [0, 0.1) is 0 Å². The smallest absolute Gasteiger partial charge is 0.274 e. The van der Waals surface area contributed by atoms with E-state index >= 15 is 0 Å². The highest BCUT2D eigenvalue weighted by molar-refractivity contribution is 6.30. The van der Waals surface area contributed by atoms with Gasteiger partial charge in [-0.3, -0.25) is 4.79 Å². The maximum Gasteiger partial charge on any atom is 0.274 e. The highest BCUT2D eigenvalue weighted by Crippen LogP contribution is 2.28. The number of nitrogens with one attached hydrogen (secondary N) is 2. The van der Waals surface area contributed by atoms with Crippen molar-refractivity contribution in [2.24, 2.45) is 0 Å². The van der Waals surface area contributed by atoms with E-state index in [4.69, 9.17) is 16.3 Å². The van der Waals surface area contributed by atoms with E-state index in [-0.39, 0.29) is 12.0 Å². The SMILES string of the molecule is CC(C)Oc1ccccc1Nc1ccc(C(=O)Nc2ccc(Cl)cc2)nc1. The molecule has 0 fully saturated rings. The van der Waals surface area contributed by atoms with Crippen molar-refractivity contribution in [3.8, 4) is 5.75 Å². The molecule has 0 aliphatic rings. The summed E-state index contributed by atoms with van der Waals surface area (Å²) in [5.74, 6) is 0.476. The van der Waals surface area contributed by atoms with Gasteiger partial charge in [0.1, 0.15) is 11.4 Å². The molecule has 0 radical (unpaired) electrons. The van der Waals surface area contributed by atoms with Gasteiger partial charge in [-0.25, -0.2) is 4.98 Å². The fraction of sp³-hybridized carbons (Fsp3) is 0.143. The quantitative estimate of drug-likeness (QED) is 0.590. The number of aromatic nitrogens is 1. The number of benzene rings is 2. The minimum atomic E-state index is -0.285. The van der Waals surface area contributed by atoms with E-state index in [1.807, 2.05) is 38.1 Å². The molecule has 2 aromatic carbocycles. The molecule has 5 nitrogen and oxygen atoms in total. The molecule has 6 heteroatoms. The molecule has 1 heterocycles. The molecule has 0 atom stereocenters. The summed E-state index contributed by atoms with van der Waals surface area (Å²) in [5.41, 5.74) is 2.58. The Hall–Kier alpha value is -3.05. The zero-order valence-corrected chi connectivity index (χ0v) is 15.8. The molecule has 2 N–H and O–H groups in total. The predicted octanol–water partition coefficient (Wildman–Crippen LogP) is 5.52. The molecule has 0 aliphatic carbocycles. The van der Waals surface area contributed by atoms with Crippen LogP contribution in [0.25, 0.3) is 0 Å². The number of pyridine rings is 1. The van der Waals surface area contributed by atoms with Gasteiger partial charge in [-0.1, -0.05) is 23.7 Å². The number of amides is 1. The van der Waals surface area contributed by atoms with Crippen molar-refractivity contribution in [1.82, 2.24) is 4.98 Å². The maximum absolute atomic E-state index is 12.3. The molecule has 0 spiro atoms. The molecule has 3 aromatic rings. The van der Waals surface area contributed by atoms with Crippen molar-refractivity contribution in [2.45, 2.75) is 20.0 Å². The van der Waals surface area contributed by atoms with Crippen LogP contribution in [0.4, 0.5) is 17.1 Å². The minimum Gasteiger partial charge on any atom is -0.489 e. The number of anilines is 3. The summed E-state index contributed by atoms with van der Waals surface area (Å²) in [4.78, 5) is 16.5. The molecular formula is C21H20ClN3O2. The average molecular weight is 382 g/mol. The molecule has 0 aliphatic heterocycles. The molecule has 1 aromatic heterocycles. The average Bonchev–Trinajstić information content (AvgIpc) is 2.65. The van der Waals surface area contributed by atoms with E-state index in [1.165, 1.54) is 0 Å². The third-order valence-corrected chi connectivity index (χ3v) is 3.88. The summed E-state index contributed by atoms with van der Waals surface area (Å²) < 4.78 is 5.80. The van der Waals surface area contributed by atoms with Crippen LogP contribution in [-0.2, 0) is 0 Å². The van der Waals surface area contributed by atoms with Gasteiger partial charge < -0.3 is 15.4 Å². The minimum absolute atomic E-state index is 0.0741. The van der Waals surface area contributed by atoms with Gasteiger partial charge in [0.25, 0.3) is 5.91 Å². The Balaban J connectivity index is 1.68. The lowest BCUT2D eigenvalue weighted by atomic mass is 10.2. The van der Waals surface area contributed by atoms with Gasteiger partial charge in [0.2, 0.25) is 0 Å². The number of carbonyl (C=O) groups is 1. The Morgan fingerprint density at radius 2 is 1.70 bits per heavy atom. The van der Waals surface area contributed by atoms with Gasteiger partial charge in [-0.2, -0.15) is 0 Å². The molecular weight excluding hydrogens is 362 g/mol. The Bertz CT molecular complexity index is 909. The van der Waals surface area contributed by atoms with E-state index in [9.17, 15) is 4.79 Å². The van der Waals surface area contributed by atoms with Crippen molar-refractivity contribution < 1.29 is 9.53 Å². The Kier molecular flexibility index (Phi) is 5.94. The van der Waals surface area contributed by atoms with Crippen LogP contribution in [0.3, 0.4) is 0 Å². The molecule has 0 saturated heterocycles. The maximum atomic E-state index is 12.3. The summed E-state index contributed by atoms with van der Waals surface area (Å²) in [6.07, 6.45) is 1.69. The van der Waals surface area contributed by atoms with Crippen molar-refractivity contribution in [3.63, 3.8) is 0 Å². The van der Waals surface area contributed by atoms with Gasteiger partial charge in [0.15, 0.2) is 0 Å². The number of hydrogen-bond acceptors (Lipinski definition) is 4. The summed E-state index contributed by atoms with van der Waals surface area (Å²) in [6.45, 7) is 3.96. The Labute approximate surface area is 163 Å². The van der Waals surface area contributed by atoms with Gasteiger partial charge in [0, 0.05) is 10.7 Å². The summed E-state index contributed by atoms with van der Waals surface area (Å²) >= 11 is 5.85. The normalized spacial score (nSPS) is 10.5. The van der Waals surface area contributed by atoms with Gasteiger partial charge in [-0.15, -0.1) is 0 Å². The molecule has 138 valence electrons. The molecule has 0 bridgehead atoms. The number of ether oxygens (including phenoxy) is 1. The third kappa shape index (κ3) is 5.21. The van der Waals surface area contributed by atoms with Gasteiger partial charge in [-0.05, 0) is 62.4 Å². The molecule has 3 rings (SSSR count). The van der Waals surface area contributed by atoms with Crippen LogP contribution in [0.15, 0.2) is 66.9 Å². The monoisotopic (exact) mass is 381 g/mol. The van der Waals surface area contributed by atoms with Crippen LogP contribution in [-0.4, -0.2) is 17.0 Å². The van der Waals surface area contributed by atoms with Crippen LogP contribution >= 0.6 is 11.6 Å². The molecule has 0 unspecified atom stereocenters. The lowest BCUT2D eigenvalue weighted by molar-refractivity contribution is 0.102. The first kappa shape index (κ1) is 18.7. The fourth-order valence-corrected chi connectivity index (χ4v) is 2.54. The second-order valence-electron chi connectivity index (χ2n) is 6.18. The highest BCUT2D eigenvalue weighted by atomic mass is 35.5. The highest BCUT2D eigenvalue weighted by Gasteiger charge is 2.09. The Morgan fingerprint density at radius 3 is 2.37 bits per heavy atom. The van der Waals surface area contributed by atoms with Crippen molar-refractivity contribution in [1.29, 1.82) is 0 Å². The zero-order valence-electron chi connectivity index (χ0n) is 15.1. The first-order valence-corrected chi connectivity index (χ1v) is 8.95. The van der Waals surface area contributed by atoms with Crippen LogP contribution in [0.1, 0.15) is 24.3 Å². The van der Waals surface area contributed by atoms with Crippen molar-refractivity contribution >= 4 is 34.6 Å². The lowest BCUT2D eigenvalue weighted by Gasteiger charge is -2.15. The van der Waals surface area contributed by atoms with Crippen LogP contribution in [0.2, 0.25) is 5.02 Å². The summed E-state index contributed by atoms with van der Waals surface area (Å²) in [6, 6.07) is 18.1. The standard InChI is InChI=1S/C21H20ClN3O2/c1-14(2)27-20-6-4-3-5-18(20)24-17-11-12-19(23-13-17)21(26)25-16-9-7-15(22)8-10-16/h3-14,24H,1-2H3,(H,25,26). The van der Waals surface area contributed by atoms with E-state index < -0.39 is 0 Å². The first-order chi connectivity index (χ1) is 13.0. The number of carbonyl (C=O) groups excluding carboxylic acids is 1. The van der Waals surface area contributed by atoms with Crippen LogP contribution < -0.4 is 15.4 Å². The number of nitrogens with zero attached hydrogens (tertiary/aromatic N) is 1. The second-order valence-corrected chi connectivity index (χ2v) is 6.62. The number of halogens is 1. The second kappa shape index (κ2) is 8.56. The van der Waals surface area contributed by atoms with Crippen molar-refractivity contribution in [3.05, 3.63) is 77.6 Å². The summed E-state index contributed by atoms with van der Waals surface area (Å²) in [5, 5.41) is 6.67. The number of para-hydroxylation sites is 2. The topological polar surface area (TPSA) is 63.2 Å². The zero-order chi connectivity index (χ0) is 19.2. The van der Waals surface area contributed by atoms with Crippen molar-refractivity contribution in [2.75, 3.05) is 10.6 Å². The molecule has 1 amide bonds. The lowest BCUT2D eigenvalue weighted by Crippen LogP contribution is -2.13. The Morgan fingerprint density at radius 1 is 1.00 bits per heavy atom. The molecule has 0 saturated carbocycles. The largest absolute Gasteiger partial charge is 0.489 e.